The van der Waals surface area contributed by atoms with Crippen LogP contribution in [-0.4, -0.2) is 21.0 Å². The Morgan fingerprint density at radius 2 is 2.14 bits per heavy atom. The largest absolute Gasteiger partial charge is 0.384 e. The van der Waals surface area contributed by atoms with Gasteiger partial charge in [-0.15, -0.1) is 0 Å². The topological polar surface area (TPSA) is 127 Å². The number of nitrogens with zero attached hydrogens (tertiary/aromatic N) is 2. The minimum Gasteiger partial charge on any atom is -0.384 e. The molecule has 1 heterocycles. The van der Waals surface area contributed by atoms with Crippen LogP contribution in [0.4, 0.5) is 11.5 Å². The van der Waals surface area contributed by atoms with Gasteiger partial charge >= 0.3 is 0 Å². The smallest absolute Gasteiger partial charge is 0.269 e. The number of rotatable bonds is 5. The number of amides is 1. The number of hydrogen-bond acceptors (Lipinski definition) is 5. The molecule has 0 unspecified atom stereocenters. The first-order valence-electron chi connectivity index (χ1n) is 6.04. The van der Waals surface area contributed by atoms with E-state index in [2.05, 4.69) is 15.5 Å². The van der Waals surface area contributed by atoms with Crippen molar-refractivity contribution in [1.82, 2.24) is 15.5 Å². The lowest BCUT2D eigenvalue weighted by Crippen LogP contribution is -2.20. The first kappa shape index (κ1) is 14.3. The second-order valence-electron chi connectivity index (χ2n) is 4.21. The molecule has 1 amide bonds. The highest BCUT2D eigenvalue weighted by molar-refractivity contribution is 5.91. The Labute approximate surface area is 119 Å². The molecule has 0 radical (unpaired) electrons. The fourth-order valence-electron chi connectivity index (χ4n) is 1.58. The van der Waals surface area contributed by atoms with E-state index < -0.39 is 4.92 Å². The summed E-state index contributed by atoms with van der Waals surface area (Å²) in [5, 5.41) is 19.5. The van der Waals surface area contributed by atoms with Crippen molar-refractivity contribution in [3.05, 3.63) is 57.8 Å². The van der Waals surface area contributed by atoms with Crippen molar-refractivity contribution in [3.8, 4) is 0 Å². The van der Waals surface area contributed by atoms with Crippen LogP contribution < -0.4 is 11.1 Å². The molecule has 1 aromatic heterocycles. The van der Waals surface area contributed by atoms with E-state index in [1.165, 1.54) is 24.4 Å². The van der Waals surface area contributed by atoms with Crippen LogP contribution in [0.15, 0.2) is 36.5 Å². The number of nitro groups is 1. The molecule has 2 rings (SSSR count). The van der Waals surface area contributed by atoms with Gasteiger partial charge in [-0.1, -0.05) is 0 Å². The zero-order chi connectivity index (χ0) is 15.2. The molecule has 8 heteroatoms. The molecule has 8 nitrogen and oxygen atoms in total. The number of hydrogen-bond donors (Lipinski definition) is 3. The summed E-state index contributed by atoms with van der Waals surface area (Å²) in [4.78, 5) is 21.7. The molecular weight excluding hydrogens is 274 g/mol. The molecule has 108 valence electrons. The summed E-state index contributed by atoms with van der Waals surface area (Å²) < 4.78 is 0. The summed E-state index contributed by atoms with van der Waals surface area (Å²) in [6.07, 6.45) is 4.45. The Morgan fingerprint density at radius 3 is 2.71 bits per heavy atom. The molecule has 0 aliphatic carbocycles. The van der Waals surface area contributed by atoms with Gasteiger partial charge in [-0.2, -0.15) is 5.10 Å². The summed E-state index contributed by atoms with van der Waals surface area (Å²) in [5.41, 5.74) is 6.99. The average Bonchev–Trinajstić information content (AvgIpc) is 2.88. The van der Waals surface area contributed by atoms with Crippen LogP contribution in [0.1, 0.15) is 11.1 Å². The Bertz CT molecular complexity index is 675. The highest BCUT2D eigenvalue weighted by Gasteiger charge is 2.04. The molecule has 2 aromatic rings. The Kier molecular flexibility index (Phi) is 4.30. The number of aromatic amines is 1. The molecular formula is C13H13N5O3. The Balaban J connectivity index is 1.89. The monoisotopic (exact) mass is 287 g/mol. The van der Waals surface area contributed by atoms with Crippen LogP contribution >= 0.6 is 0 Å². The zero-order valence-electron chi connectivity index (χ0n) is 10.9. The number of nitro benzene ring substituents is 1. The van der Waals surface area contributed by atoms with Crippen molar-refractivity contribution in [2.24, 2.45) is 0 Å². The number of nitrogens with two attached hydrogens (primary N) is 1. The molecule has 0 saturated heterocycles. The maximum Gasteiger partial charge on any atom is 0.269 e. The van der Waals surface area contributed by atoms with Gasteiger partial charge < -0.3 is 11.1 Å². The van der Waals surface area contributed by atoms with Gasteiger partial charge in [0.25, 0.3) is 5.69 Å². The Morgan fingerprint density at radius 1 is 1.43 bits per heavy atom. The number of carbonyl (C=O) groups excluding carboxylic acids is 1. The van der Waals surface area contributed by atoms with E-state index in [0.29, 0.717) is 16.9 Å². The average molecular weight is 287 g/mol. The van der Waals surface area contributed by atoms with Gasteiger partial charge in [0, 0.05) is 30.3 Å². The predicted octanol–water partition coefficient (Wildman–Crippen LogP) is 1.23. The van der Waals surface area contributed by atoms with Gasteiger partial charge in [-0.05, 0) is 23.8 Å². The molecule has 0 aliphatic heterocycles. The molecule has 0 spiro atoms. The summed E-state index contributed by atoms with van der Waals surface area (Å²) in [5.74, 6) is 0.114. The van der Waals surface area contributed by atoms with E-state index in [9.17, 15) is 14.9 Å². The lowest BCUT2D eigenvalue weighted by Gasteiger charge is -2.00. The summed E-state index contributed by atoms with van der Waals surface area (Å²) in [6, 6.07) is 5.89. The highest BCUT2D eigenvalue weighted by Crippen LogP contribution is 2.12. The van der Waals surface area contributed by atoms with E-state index >= 15 is 0 Å². The maximum absolute atomic E-state index is 11.6. The van der Waals surface area contributed by atoms with E-state index in [-0.39, 0.29) is 18.1 Å². The first-order chi connectivity index (χ1) is 10.1. The van der Waals surface area contributed by atoms with Crippen molar-refractivity contribution >= 4 is 23.5 Å². The van der Waals surface area contributed by atoms with Crippen LogP contribution in [0.25, 0.3) is 6.08 Å². The number of non-ortho nitro benzene ring substituents is 1. The molecule has 0 saturated carbocycles. The predicted molar refractivity (Wildman–Crippen MR) is 77.0 cm³/mol. The van der Waals surface area contributed by atoms with Gasteiger partial charge in [0.15, 0.2) is 0 Å². The maximum atomic E-state index is 11.6. The van der Waals surface area contributed by atoms with Gasteiger partial charge in [0.2, 0.25) is 5.91 Å². The molecule has 4 N–H and O–H groups in total. The van der Waals surface area contributed by atoms with E-state index in [1.54, 1.807) is 18.2 Å². The lowest BCUT2D eigenvalue weighted by molar-refractivity contribution is -0.384. The number of anilines is 1. The van der Waals surface area contributed by atoms with Crippen molar-refractivity contribution in [2.45, 2.75) is 6.54 Å². The van der Waals surface area contributed by atoms with Crippen LogP contribution in [0, 0.1) is 10.1 Å². The SMILES string of the molecule is Nc1[nH]ncc1CNC(=O)C=Cc1ccc([N+](=O)[O-])cc1. The second kappa shape index (κ2) is 6.33. The second-order valence-corrected chi connectivity index (χ2v) is 4.21. The van der Waals surface area contributed by atoms with Gasteiger partial charge in [0.05, 0.1) is 11.1 Å². The number of benzene rings is 1. The van der Waals surface area contributed by atoms with E-state index in [1.807, 2.05) is 0 Å². The minimum atomic E-state index is -0.477. The van der Waals surface area contributed by atoms with Crippen molar-refractivity contribution in [1.29, 1.82) is 0 Å². The lowest BCUT2D eigenvalue weighted by atomic mass is 10.2. The summed E-state index contributed by atoms with van der Waals surface area (Å²) in [7, 11) is 0. The third-order valence-electron chi connectivity index (χ3n) is 2.74. The quantitative estimate of drug-likeness (QED) is 0.433. The number of nitrogen functional groups attached to an aromatic ring is 1. The van der Waals surface area contributed by atoms with Crippen LogP contribution in [0.5, 0.6) is 0 Å². The van der Waals surface area contributed by atoms with E-state index in [0.717, 1.165) is 0 Å². The molecule has 1 aromatic carbocycles. The van der Waals surface area contributed by atoms with Crippen molar-refractivity contribution < 1.29 is 9.72 Å². The van der Waals surface area contributed by atoms with Crippen LogP contribution in [0.2, 0.25) is 0 Å². The van der Waals surface area contributed by atoms with Crippen LogP contribution in [0.3, 0.4) is 0 Å². The van der Waals surface area contributed by atoms with Gasteiger partial charge in [-0.25, -0.2) is 0 Å². The molecule has 0 bridgehead atoms. The summed E-state index contributed by atoms with van der Waals surface area (Å²) in [6.45, 7) is 0.270. The summed E-state index contributed by atoms with van der Waals surface area (Å²) >= 11 is 0. The minimum absolute atomic E-state index is 0.00651. The van der Waals surface area contributed by atoms with Crippen molar-refractivity contribution in [3.63, 3.8) is 0 Å². The number of carbonyl (C=O) groups is 1. The standard InChI is InChI=1S/C13H13N5O3/c14-13-10(8-16-17-13)7-15-12(19)6-3-9-1-4-11(5-2-9)18(20)21/h1-6,8H,7H2,(H,15,19)(H3,14,16,17). The van der Waals surface area contributed by atoms with Crippen LogP contribution in [-0.2, 0) is 11.3 Å². The number of nitrogens with one attached hydrogen (secondary N) is 2. The highest BCUT2D eigenvalue weighted by atomic mass is 16.6. The fraction of sp³-hybridized carbons (Fsp3) is 0.0769. The van der Waals surface area contributed by atoms with Crippen molar-refractivity contribution in [2.75, 3.05) is 5.73 Å². The molecule has 0 atom stereocenters. The van der Waals surface area contributed by atoms with Gasteiger partial charge in [-0.3, -0.25) is 20.0 Å². The molecule has 0 aliphatic rings. The zero-order valence-corrected chi connectivity index (χ0v) is 10.9. The third-order valence-corrected chi connectivity index (χ3v) is 2.74. The fourth-order valence-corrected chi connectivity index (χ4v) is 1.58. The number of H-pyrrole nitrogens is 1. The third kappa shape index (κ3) is 3.90. The molecule has 0 fully saturated rings. The molecule has 21 heavy (non-hydrogen) atoms. The normalized spacial score (nSPS) is 10.7. The number of aromatic nitrogens is 2. The first-order valence-corrected chi connectivity index (χ1v) is 6.04. The van der Waals surface area contributed by atoms with Gasteiger partial charge in [0.1, 0.15) is 5.82 Å². The Hall–Kier alpha value is -3.16. The van der Waals surface area contributed by atoms with E-state index in [4.69, 9.17) is 5.73 Å².